The van der Waals surface area contributed by atoms with Gasteiger partial charge in [0.2, 0.25) is 17.7 Å². The van der Waals surface area contributed by atoms with Gasteiger partial charge in [0.05, 0.1) is 5.34 Å². The first-order valence-electron chi connectivity index (χ1n) is 21.1. The Morgan fingerprint density at radius 1 is 0.500 bits per heavy atom. The zero-order valence-corrected chi connectivity index (χ0v) is 40.8. The molecule has 1 aromatic carbocycles. The predicted molar refractivity (Wildman–Crippen MR) is 249 cm³/mol. The minimum atomic E-state index is -0.856. The molecule has 0 aliphatic heterocycles. The second kappa shape index (κ2) is 34.0. The van der Waals surface area contributed by atoms with Crippen LogP contribution in [-0.2, 0) is 48.0 Å². The van der Waals surface area contributed by atoms with Crippen molar-refractivity contribution in [1.29, 1.82) is 0 Å². The lowest BCUT2D eigenvalue weighted by atomic mass is 10.1. The van der Waals surface area contributed by atoms with Crippen LogP contribution in [0.4, 0.5) is 11.4 Å². The number of hydrogen-bond donors (Lipinski definition) is 5. The molecule has 0 unspecified atom stereocenters. The van der Waals surface area contributed by atoms with E-state index in [-0.39, 0.29) is 77.8 Å². The maximum atomic E-state index is 12.8. The van der Waals surface area contributed by atoms with Crippen LogP contribution >= 0.6 is 23.2 Å². The number of anilines is 2. The fourth-order valence-corrected chi connectivity index (χ4v) is 4.99. The molecule has 15 nitrogen and oxygen atoms in total. The average molecular weight is 923 g/mol. The fourth-order valence-electron chi connectivity index (χ4n) is 4.99. The number of hydrogen-bond acceptors (Lipinski definition) is 10. The smallest absolute Gasteiger partial charge is 0.338 e. The Bertz CT molecular complexity index is 1360. The van der Waals surface area contributed by atoms with Gasteiger partial charge in [0.15, 0.2) is 18.3 Å². The van der Waals surface area contributed by atoms with Gasteiger partial charge >= 0.3 is 5.97 Å². The molecule has 3 atom stereocenters. The number of rotatable bonds is 23. The third-order valence-corrected chi connectivity index (χ3v) is 7.46. The Morgan fingerprint density at radius 3 is 1.00 bits per heavy atom. The Labute approximate surface area is 382 Å². The summed E-state index contributed by atoms with van der Waals surface area (Å²) in [6, 6.07) is 6.61. The monoisotopic (exact) mass is 922 g/mol. The lowest BCUT2D eigenvalue weighted by Crippen LogP contribution is -2.39. The van der Waals surface area contributed by atoms with E-state index in [1.807, 2.05) is 83.1 Å². The van der Waals surface area contributed by atoms with Crippen molar-refractivity contribution >= 4 is 70.1 Å². The molecular formula is C45H81Cl2N5O10. The van der Waals surface area contributed by atoms with Crippen molar-refractivity contribution in [1.82, 2.24) is 16.4 Å². The third kappa shape index (κ3) is 35.0. The highest BCUT2D eigenvalue weighted by atomic mass is 35.5. The van der Waals surface area contributed by atoms with E-state index in [0.717, 1.165) is 0 Å². The minimum absolute atomic E-state index is 0. The number of hydroxylamine groups is 3. The molecule has 17 heteroatoms. The predicted octanol–water partition coefficient (Wildman–Crippen LogP) is 9.48. The zero-order valence-electron chi connectivity index (χ0n) is 39.3. The van der Waals surface area contributed by atoms with Crippen LogP contribution in [0.2, 0.25) is 0 Å². The molecule has 0 aromatic heterocycles. The number of alkyl halides is 2. The summed E-state index contributed by atoms with van der Waals surface area (Å²) in [6.45, 7) is 28.8. The number of carbonyl (C=O) groups is 6. The number of ether oxygens (including phenoxy) is 1. The van der Waals surface area contributed by atoms with Crippen LogP contribution in [-0.4, -0.2) is 64.8 Å². The molecule has 5 amide bonds. The SMILES string of the molecule is C.CC(C)CC(=O)NO[C@H](CC(C)C)C(=O)Nc1ccc(NC(=O)[C@@H](CC(C)C)ONC(=O)CC(C)C)cc1.CC(C)CC(=O)NO[C@H](CC(C)C)C(=O)OC(C)(C)C.ClCCl. The second-order valence-corrected chi connectivity index (χ2v) is 19.1. The molecule has 0 bridgehead atoms. The molecule has 1 aromatic rings. The van der Waals surface area contributed by atoms with Gasteiger partial charge in [-0.25, -0.2) is 21.2 Å². The maximum Gasteiger partial charge on any atom is 0.338 e. The summed E-state index contributed by atoms with van der Waals surface area (Å²) < 4.78 is 5.30. The van der Waals surface area contributed by atoms with Crippen molar-refractivity contribution < 1.29 is 48.0 Å². The molecule has 0 spiro atoms. The molecule has 5 N–H and O–H groups in total. The summed E-state index contributed by atoms with van der Waals surface area (Å²) in [5.41, 5.74) is 7.56. The van der Waals surface area contributed by atoms with Crippen molar-refractivity contribution in [2.75, 3.05) is 16.0 Å². The van der Waals surface area contributed by atoms with Crippen LogP contribution < -0.4 is 27.1 Å². The number of esters is 1. The molecule has 0 aliphatic carbocycles. The highest BCUT2D eigenvalue weighted by Gasteiger charge is 2.28. The minimum Gasteiger partial charge on any atom is -0.458 e. The van der Waals surface area contributed by atoms with E-state index in [1.54, 1.807) is 45.0 Å². The van der Waals surface area contributed by atoms with E-state index in [2.05, 4.69) is 27.1 Å². The Hall–Kier alpha value is -3.50. The van der Waals surface area contributed by atoms with Crippen LogP contribution in [0.25, 0.3) is 0 Å². The van der Waals surface area contributed by atoms with Crippen molar-refractivity contribution in [3.05, 3.63) is 24.3 Å². The lowest BCUT2D eigenvalue weighted by Gasteiger charge is -2.24. The van der Waals surface area contributed by atoms with Gasteiger partial charge in [0.25, 0.3) is 11.8 Å². The molecule has 0 radical (unpaired) electrons. The summed E-state index contributed by atoms with van der Waals surface area (Å²) in [6.07, 6.45) is -0.173. The Balaban J connectivity index is -0.00000122. The first-order chi connectivity index (χ1) is 28.2. The van der Waals surface area contributed by atoms with Crippen molar-refractivity contribution in [2.45, 2.75) is 174 Å². The van der Waals surface area contributed by atoms with Crippen LogP contribution in [0.3, 0.4) is 0 Å². The van der Waals surface area contributed by atoms with E-state index in [1.165, 1.54) is 0 Å². The molecule has 1 rings (SSSR count). The molecular weight excluding hydrogens is 841 g/mol. The van der Waals surface area contributed by atoms with Gasteiger partial charge in [0, 0.05) is 30.6 Å². The van der Waals surface area contributed by atoms with Gasteiger partial charge in [-0.1, -0.05) is 90.5 Å². The van der Waals surface area contributed by atoms with Crippen LogP contribution in [0, 0.1) is 35.5 Å². The molecule has 0 saturated heterocycles. The number of halogens is 2. The van der Waals surface area contributed by atoms with Gasteiger partial charge in [-0.15, -0.1) is 23.2 Å². The van der Waals surface area contributed by atoms with Crippen LogP contribution in [0.5, 0.6) is 0 Å². The van der Waals surface area contributed by atoms with Gasteiger partial charge in [-0.05, 0) is 99.8 Å². The summed E-state index contributed by atoms with van der Waals surface area (Å²) in [5.74, 6) is -0.821. The number of nitrogens with one attached hydrogen (secondary N) is 5. The molecule has 0 heterocycles. The topological polar surface area (TPSA) is 199 Å². The molecule has 0 aliphatic rings. The van der Waals surface area contributed by atoms with Crippen LogP contribution in [0.15, 0.2) is 24.3 Å². The van der Waals surface area contributed by atoms with E-state index < -0.39 is 29.9 Å². The number of carbonyl (C=O) groups excluding carboxylic acids is 6. The largest absolute Gasteiger partial charge is 0.458 e. The number of amides is 5. The molecule has 0 saturated carbocycles. The van der Waals surface area contributed by atoms with Gasteiger partial charge in [-0.3, -0.25) is 38.5 Å². The average Bonchev–Trinajstić information content (AvgIpc) is 3.09. The molecule has 0 fully saturated rings. The maximum absolute atomic E-state index is 12.8. The third-order valence-electron chi connectivity index (χ3n) is 7.46. The van der Waals surface area contributed by atoms with E-state index >= 15 is 0 Å². The summed E-state index contributed by atoms with van der Waals surface area (Å²) in [5, 5.41) is 5.77. The summed E-state index contributed by atoms with van der Waals surface area (Å²) >= 11 is 9.53. The highest BCUT2D eigenvalue weighted by Crippen LogP contribution is 2.18. The van der Waals surface area contributed by atoms with Crippen molar-refractivity contribution in [3.8, 4) is 0 Å². The second-order valence-electron chi connectivity index (χ2n) is 18.3. The lowest BCUT2D eigenvalue weighted by molar-refractivity contribution is -0.177. The highest BCUT2D eigenvalue weighted by molar-refractivity contribution is 6.40. The van der Waals surface area contributed by atoms with Crippen molar-refractivity contribution in [2.24, 2.45) is 35.5 Å². The fraction of sp³-hybridized carbons (Fsp3) is 0.733. The van der Waals surface area contributed by atoms with Gasteiger partial charge in [0.1, 0.15) is 5.60 Å². The standard InChI is InChI=1S/C28H46N4O6.C15H29NO4.CH2Cl2.CH4/c1-17(2)13-23(37-31-25(33)15-19(5)6)27(35)29-21-9-11-22(12-10-21)30-28(36)24(14-18(3)4)38-32-26(34)16-20(7)8;1-10(2)8-12(14(18)19-15(5,6)7)20-16-13(17)9-11(3)4;2-1-3;/h9-12,17-20,23-24H,13-16H2,1-8H3,(H,29,35)(H,30,36)(H,31,33)(H,32,34);10-12H,8-9H2,1-7H3,(H,16,17);1H2;1H4/t23-,24-;12-;;/m11../s1. The first-order valence-corrected chi connectivity index (χ1v) is 22.2. The van der Waals surface area contributed by atoms with Crippen LogP contribution in [0.1, 0.15) is 150 Å². The molecule has 360 valence electrons. The van der Waals surface area contributed by atoms with E-state index in [0.29, 0.717) is 49.9 Å². The quantitative estimate of drug-likeness (QED) is 0.0400. The number of benzene rings is 1. The molecule has 62 heavy (non-hydrogen) atoms. The van der Waals surface area contributed by atoms with E-state index in [9.17, 15) is 28.8 Å². The first kappa shape index (κ1) is 62.8. The van der Waals surface area contributed by atoms with Gasteiger partial charge < -0.3 is 15.4 Å². The summed E-state index contributed by atoms with van der Waals surface area (Å²) in [7, 11) is 0. The van der Waals surface area contributed by atoms with Crippen molar-refractivity contribution in [3.63, 3.8) is 0 Å². The van der Waals surface area contributed by atoms with E-state index in [4.69, 9.17) is 42.5 Å². The van der Waals surface area contributed by atoms with Gasteiger partial charge in [-0.2, -0.15) is 0 Å². The normalized spacial score (nSPS) is 12.6. The Morgan fingerprint density at radius 2 is 0.758 bits per heavy atom. The zero-order chi connectivity index (χ0) is 47.5. The summed E-state index contributed by atoms with van der Waals surface area (Å²) in [4.78, 5) is 89.2. The Kier molecular flexibility index (Phi) is 34.4.